The minimum atomic E-state index is -0.492. The van der Waals surface area contributed by atoms with E-state index in [1.807, 2.05) is 17.5 Å². The largest absolute Gasteiger partial charge is 0.324 e. The van der Waals surface area contributed by atoms with E-state index in [2.05, 4.69) is 10.6 Å². The number of non-ortho nitro benzene ring substituents is 1. The van der Waals surface area contributed by atoms with Gasteiger partial charge in [0, 0.05) is 29.2 Å². The summed E-state index contributed by atoms with van der Waals surface area (Å²) >= 11 is 1.62. The Labute approximate surface area is 126 Å². The minimum Gasteiger partial charge on any atom is -0.324 e. The molecular formula is C14H15N3O3S. The van der Waals surface area contributed by atoms with Crippen LogP contribution in [0.25, 0.3) is 0 Å². The lowest BCUT2D eigenvalue weighted by Gasteiger charge is -2.13. The van der Waals surface area contributed by atoms with E-state index < -0.39 is 11.0 Å². The van der Waals surface area contributed by atoms with Gasteiger partial charge in [0.05, 0.1) is 11.0 Å². The molecule has 0 fully saturated rings. The standard InChI is InChI=1S/C14H15N3O3S/c1-10(15-9-13-6-3-7-21-13)14(18)16-11-4-2-5-12(8-11)17(19)20/h2-8,10,15H,9H2,1H3,(H,16,18). The van der Waals surface area contributed by atoms with E-state index in [1.54, 1.807) is 24.3 Å². The molecule has 1 heterocycles. The van der Waals surface area contributed by atoms with E-state index in [4.69, 9.17) is 0 Å². The second-order valence-electron chi connectivity index (χ2n) is 4.48. The molecule has 1 aromatic carbocycles. The summed E-state index contributed by atoms with van der Waals surface area (Å²) in [6, 6.07) is 9.43. The zero-order valence-corrected chi connectivity index (χ0v) is 12.2. The van der Waals surface area contributed by atoms with Gasteiger partial charge < -0.3 is 10.6 Å². The fourth-order valence-corrected chi connectivity index (χ4v) is 2.36. The molecule has 0 spiro atoms. The van der Waals surface area contributed by atoms with Crippen molar-refractivity contribution in [1.29, 1.82) is 0 Å². The highest BCUT2D eigenvalue weighted by Gasteiger charge is 2.14. The number of amides is 1. The van der Waals surface area contributed by atoms with Crippen LogP contribution in [0.5, 0.6) is 0 Å². The van der Waals surface area contributed by atoms with E-state index in [-0.39, 0.29) is 11.6 Å². The van der Waals surface area contributed by atoms with Crippen molar-refractivity contribution in [2.45, 2.75) is 19.5 Å². The molecule has 0 saturated heterocycles. The van der Waals surface area contributed by atoms with Crippen molar-refractivity contribution < 1.29 is 9.72 Å². The van der Waals surface area contributed by atoms with Crippen LogP contribution in [0.1, 0.15) is 11.8 Å². The number of carbonyl (C=O) groups is 1. The van der Waals surface area contributed by atoms with Gasteiger partial charge in [-0.05, 0) is 24.4 Å². The van der Waals surface area contributed by atoms with Gasteiger partial charge in [-0.15, -0.1) is 11.3 Å². The molecule has 2 aromatic rings. The molecule has 0 saturated carbocycles. The molecule has 0 bridgehead atoms. The number of nitrogens with zero attached hydrogens (tertiary/aromatic N) is 1. The Morgan fingerprint density at radius 2 is 2.19 bits per heavy atom. The summed E-state index contributed by atoms with van der Waals surface area (Å²) in [5.74, 6) is -0.230. The van der Waals surface area contributed by atoms with Crippen molar-refractivity contribution in [1.82, 2.24) is 5.32 Å². The normalized spacial score (nSPS) is 11.9. The molecule has 1 amide bonds. The van der Waals surface area contributed by atoms with Crippen LogP contribution in [0, 0.1) is 10.1 Å². The van der Waals surface area contributed by atoms with Crippen molar-refractivity contribution in [3.63, 3.8) is 0 Å². The minimum absolute atomic E-state index is 0.0491. The van der Waals surface area contributed by atoms with Crippen LogP contribution < -0.4 is 10.6 Å². The van der Waals surface area contributed by atoms with Crippen LogP contribution in [0.2, 0.25) is 0 Å². The van der Waals surface area contributed by atoms with Crippen LogP contribution in [-0.2, 0) is 11.3 Å². The monoisotopic (exact) mass is 305 g/mol. The summed E-state index contributed by atoms with van der Waals surface area (Å²) in [6.45, 7) is 2.36. The van der Waals surface area contributed by atoms with E-state index in [9.17, 15) is 14.9 Å². The van der Waals surface area contributed by atoms with E-state index in [1.165, 1.54) is 18.2 Å². The Balaban J connectivity index is 1.91. The molecule has 0 radical (unpaired) electrons. The third kappa shape index (κ3) is 4.37. The van der Waals surface area contributed by atoms with Gasteiger partial charge in [-0.2, -0.15) is 0 Å². The second kappa shape index (κ2) is 6.96. The first-order chi connectivity index (χ1) is 10.1. The highest BCUT2D eigenvalue weighted by atomic mass is 32.1. The van der Waals surface area contributed by atoms with Gasteiger partial charge in [0.1, 0.15) is 0 Å². The summed E-state index contributed by atoms with van der Waals surface area (Å²) in [5, 5.41) is 18.4. The highest BCUT2D eigenvalue weighted by molar-refractivity contribution is 7.09. The number of nitrogens with one attached hydrogen (secondary N) is 2. The lowest BCUT2D eigenvalue weighted by Crippen LogP contribution is -2.37. The van der Waals surface area contributed by atoms with Crippen molar-refractivity contribution >= 4 is 28.6 Å². The maximum atomic E-state index is 12.0. The summed E-state index contributed by atoms with van der Waals surface area (Å²) in [4.78, 5) is 23.4. The topological polar surface area (TPSA) is 84.3 Å². The molecule has 7 heteroatoms. The van der Waals surface area contributed by atoms with Gasteiger partial charge in [0.15, 0.2) is 0 Å². The molecule has 0 aliphatic rings. The molecule has 2 N–H and O–H groups in total. The number of thiophene rings is 1. The van der Waals surface area contributed by atoms with Crippen LogP contribution in [0.4, 0.5) is 11.4 Å². The SMILES string of the molecule is CC(NCc1cccs1)C(=O)Nc1cccc([N+](=O)[O-])c1. The van der Waals surface area contributed by atoms with Gasteiger partial charge in [0.25, 0.3) is 5.69 Å². The number of nitro groups is 1. The second-order valence-corrected chi connectivity index (χ2v) is 5.51. The summed E-state index contributed by atoms with van der Waals surface area (Å²) in [7, 11) is 0. The Bertz CT molecular complexity index is 628. The van der Waals surface area contributed by atoms with Crippen LogP contribution >= 0.6 is 11.3 Å². The Kier molecular flexibility index (Phi) is 5.02. The zero-order valence-electron chi connectivity index (χ0n) is 11.4. The predicted molar refractivity (Wildman–Crippen MR) is 82.3 cm³/mol. The Hall–Kier alpha value is -2.25. The Morgan fingerprint density at radius 1 is 1.38 bits per heavy atom. The first kappa shape index (κ1) is 15.1. The van der Waals surface area contributed by atoms with Crippen LogP contribution in [0.3, 0.4) is 0 Å². The number of nitro benzene ring substituents is 1. The van der Waals surface area contributed by atoms with Crippen molar-refractivity contribution in [3.05, 3.63) is 56.8 Å². The summed E-state index contributed by atoms with van der Waals surface area (Å²) < 4.78 is 0. The van der Waals surface area contributed by atoms with Crippen molar-refractivity contribution in [2.75, 3.05) is 5.32 Å². The van der Waals surface area contributed by atoms with Crippen molar-refractivity contribution in [3.8, 4) is 0 Å². The fourth-order valence-electron chi connectivity index (χ4n) is 1.71. The molecular weight excluding hydrogens is 290 g/mol. The molecule has 1 atom stereocenters. The summed E-state index contributed by atoms with van der Waals surface area (Å²) in [5.41, 5.74) is 0.367. The predicted octanol–water partition coefficient (Wildman–Crippen LogP) is 2.77. The maximum absolute atomic E-state index is 12.0. The number of benzene rings is 1. The number of anilines is 1. The van der Waals surface area contributed by atoms with E-state index >= 15 is 0 Å². The lowest BCUT2D eigenvalue weighted by molar-refractivity contribution is -0.384. The molecule has 0 aliphatic heterocycles. The smallest absolute Gasteiger partial charge is 0.271 e. The quantitative estimate of drug-likeness (QED) is 0.635. The first-order valence-electron chi connectivity index (χ1n) is 6.37. The van der Waals surface area contributed by atoms with Crippen molar-refractivity contribution in [2.24, 2.45) is 0 Å². The molecule has 21 heavy (non-hydrogen) atoms. The number of carbonyl (C=O) groups excluding carboxylic acids is 1. The summed E-state index contributed by atoms with van der Waals surface area (Å²) in [6.07, 6.45) is 0. The third-order valence-corrected chi connectivity index (χ3v) is 3.76. The zero-order chi connectivity index (χ0) is 15.2. The molecule has 110 valence electrons. The van der Waals surface area contributed by atoms with Gasteiger partial charge in [0.2, 0.25) is 5.91 Å². The van der Waals surface area contributed by atoms with Gasteiger partial charge in [-0.25, -0.2) is 0 Å². The molecule has 1 unspecified atom stereocenters. The number of hydrogen-bond donors (Lipinski definition) is 2. The number of rotatable bonds is 6. The van der Waals surface area contributed by atoms with E-state index in [0.29, 0.717) is 12.2 Å². The molecule has 2 rings (SSSR count). The molecule has 1 aromatic heterocycles. The highest BCUT2D eigenvalue weighted by Crippen LogP contribution is 2.17. The van der Waals surface area contributed by atoms with Gasteiger partial charge in [-0.1, -0.05) is 12.1 Å². The lowest BCUT2D eigenvalue weighted by atomic mass is 10.2. The number of hydrogen-bond acceptors (Lipinski definition) is 5. The van der Waals surface area contributed by atoms with Crippen LogP contribution in [0.15, 0.2) is 41.8 Å². The average Bonchev–Trinajstić information content (AvgIpc) is 2.98. The van der Waals surface area contributed by atoms with E-state index in [0.717, 1.165) is 4.88 Å². The van der Waals surface area contributed by atoms with Gasteiger partial charge in [-0.3, -0.25) is 14.9 Å². The molecule has 0 aliphatic carbocycles. The van der Waals surface area contributed by atoms with Gasteiger partial charge >= 0.3 is 0 Å². The third-order valence-electron chi connectivity index (χ3n) is 2.88. The Morgan fingerprint density at radius 3 is 2.86 bits per heavy atom. The first-order valence-corrected chi connectivity index (χ1v) is 7.25. The molecule has 6 nitrogen and oxygen atoms in total. The van der Waals surface area contributed by atoms with Crippen LogP contribution in [-0.4, -0.2) is 16.9 Å². The maximum Gasteiger partial charge on any atom is 0.271 e. The fraction of sp³-hybridized carbons (Fsp3) is 0.214. The average molecular weight is 305 g/mol.